The van der Waals surface area contributed by atoms with Gasteiger partial charge in [-0.25, -0.2) is 4.39 Å². The third kappa shape index (κ3) is 3.45. The molecule has 6 heteroatoms. The number of ether oxygens (including phenoxy) is 3. The summed E-state index contributed by atoms with van der Waals surface area (Å²) in [6.45, 7) is 0.707. The molecule has 1 saturated heterocycles. The van der Waals surface area contributed by atoms with Crippen LogP contribution in [-0.4, -0.2) is 30.2 Å². The number of nitrogens with zero attached hydrogens (tertiary/aromatic N) is 1. The molecule has 5 nitrogen and oxygen atoms in total. The van der Waals surface area contributed by atoms with Crippen molar-refractivity contribution in [3.05, 3.63) is 89.7 Å². The predicted molar refractivity (Wildman–Crippen MR) is 108 cm³/mol. The SMILES string of the molecule is O=C1[C@@H](Oc2ccccc2)[C@H](c2ccc3c(c2)OCO3)N1CCc1ccc(F)cc1. The number of benzene rings is 3. The molecule has 1 fully saturated rings. The van der Waals surface area contributed by atoms with Gasteiger partial charge in [0.1, 0.15) is 17.6 Å². The summed E-state index contributed by atoms with van der Waals surface area (Å²) in [6, 6.07) is 21.2. The molecule has 2 atom stereocenters. The van der Waals surface area contributed by atoms with Crippen molar-refractivity contribution in [1.82, 2.24) is 4.90 Å². The van der Waals surface area contributed by atoms with Gasteiger partial charge in [0.05, 0.1) is 0 Å². The Morgan fingerprint density at radius 3 is 2.53 bits per heavy atom. The van der Waals surface area contributed by atoms with E-state index in [4.69, 9.17) is 14.2 Å². The summed E-state index contributed by atoms with van der Waals surface area (Å²) in [5, 5.41) is 0. The van der Waals surface area contributed by atoms with Crippen molar-refractivity contribution < 1.29 is 23.4 Å². The molecular formula is C24H20FNO4. The first-order chi connectivity index (χ1) is 14.7. The van der Waals surface area contributed by atoms with Gasteiger partial charge >= 0.3 is 0 Å². The van der Waals surface area contributed by atoms with Crippen LogP contribution < -0.4 is 14.2 Å². The summed E-state index contributed by atoms with van der Waals surface area (Å²) in [5.41, 5.74) is 1.90. The highest BCUT2D eigenvalue weighted by Crippen LogP contribution is 2.42. The van der Waals surface area contributed by atoms with Crippen molar-refractivity contribution in [2.75, 3.05) is 13.3 Å². The van der Waals surface area contributed by atoms with E-state index >= 15 is 0 Å². The molecule has 0 bridgehead atoms. The van der Waals surface area contributed by atoms with Gasteiger partial charge in [-0.1, -0.05) is 36.4 Å². The molecule has 0 saturated carbocycles. The second-order valence-electron chi connectivity index (χ2n) is 7.32. The summed E-state index contributed by atoms with van der Waals surface area (Å²) in [4.78, 5) is 14.7. The van der Waals surface area contributed by atoms with Crippen LogP contribution in [0.1, 0.15) is 17.2 Å². The van der Waals surface area contributed by atoms with Crippen LogP contribution in [0.5, 0.6) is 17.2 Å². The molecule has 2 aliphatic rings. The number of hydrogen-bond donors (Lipinski definition) is 0. The molecule has 2 heterocycles. The lowest BCUT2D eigenvalue weighted by molar-refractivity contribution is -0.164. The lowest BCUT2D eigenvalue weighted by atomic mass is 9.89. The number of carbonyl (C=O) groups excluding carboxylic acids is 1. The van der Waals surface area contributed by atoms with Crippen molar-refractivity contribution >= 4 is 5.91 Å². The first-order valence-corrected chi connectivity index (χ1v) is 9.85. The Labute approximate surface area is 173 Å². The van der Waals surface area contributed by atoms with Gasteiger partial charge in [-0.3, -0.25) is 4.79 Å². The maximum absolute atomic E-state index is 13.2. The molecule has 30 heavy (non-hydrogen) atoms. The molecule has 1 amide bonds. The number of fused-ring (bicyclic) bond motifs is 1. The topological polar surface area (TPSA) is 48.0 Å². The first-order valence-electron chi connectivity index (χ1n) is 9.85. The Balaban J connectivity index is 1.39. The second kappa shape index (κ2) is 7.71. The highest BCUT2D eigenvalue weighted by Gasteiger charge is 2.50. The molecule has 0 radical (unpaired) electrons. The first kappa shape index (κ1) is 18.5. The average molecular weight is 405 g/mol. The predicted octanol–water partition coefficient (Wildman–Crippen LogP) is 4.13. The Kier molecular flexibility index (Phi) is 4.75. The molecule has 2 aliphatic heterocycles. The van der Waals surface area contributed by atoms with Gasteiger partial charge in [-0.05, 0) is 53.9 Å². The van der Waals surface area contributed by atoms with E-state index in [0.717, 1.165) is 11.1 Å². The molecule has 0 unspecified atom stereocenters. The fraction of sp³-hybridized carbons (Fsp3) is 0.208. The van der Waals surface area contributed by atoms with E-state index in [9.17, 15) is 9.18 Å². The standard InChI is InChI=1S/C24H20FNO4/c25-18-9-6-16(7-10-18)12-13-26-22(17-8-11-20-21(14-17)29-15-28-20)23(24(26)27)30-19-4-2-1-3-5-19/h1-11,14,22-23H,12-13,15H2/t22-,23-/m0/s1. The van der Waals surface area contributed by atoms with Crippen LogP contribution in [0.3, 0.4) is 0 Å². The van der Waals surface area contributed by atoms with E-state index in [2.05, 4.69) is 0 Å². The minimum atomic E-state index is -0.610. The molecule has 0 aromatic heterocycles. The van der Waals surface area contributed by atoms with Crippen molar-refractivity contribution in [3.63, 3.8) is 0 Å². The van der Waals surface area contributed by atoms with Crippen LogP contribution in [0.15, 0.2) is 72.8 Å². The summed E-state index contributed by atoms with van der Waals surface area (Å²) in [7, 11) is 0. The maximum Gasteiger partial charge on any atom is 0.266 e. The van der Waals surface area contributed by atoms with E-state index in [0.29, 0.717) is 30.2 Å². The normalized spacial score (nSPS) is 19.5. The smallest absolute Gasteiger partial charge is 0.266 e. The minimum absolute atomic E-state index is 0.0661. The zero-order chi connectivity index (χ0) is 20.5. The van der Waals surface area contributed by atoms with E-state index < -0.39 is 6.10 Å². The number of amides is 1. The Bertz CT molecular complexity index is 1050. The van der Waals surface area contributed by atoms with Gasteiger partial charge in [-0.2, -0.15) is 0 Å². The van der Waals surface area contributed by atoms with Crippen LogP contribution in [0.4, 0.5) is 4.39 Å². The summed E-state index contributed by atoms with van der Waals surface area (Å²) >= 11 is 0. The summed E-state index contributed by atoms with van der Waals surface area (Å²) < 4.78 is 30.1. The third-order valence-electron chi connectivity index (χ3n) is 5.45. The Hall–Kier alpha value is -3.54. The van der Waals surface area contributed by atoms with Gasteiger partial charge in [0.2, 0.25) is 12.9 Å². The minimum Gasteiger partial charge on any atom is -0.478 e. The van der Waals surface area contributed by atoms with Gasteiger partial charge in [0.25, 0.3) is 5.91 Å². The largest absolute Gasteiger partial charge is 0.478 e. The molecule has 0 N–H and O–H groups in total. The highest BCUT2D eigenvalue weighted by molar-refractivity contribution is 5.89. The van der Waals surface area contributed by atoms with Crippen LogP contribution in [0, 0.1) is 5.82 Å². The lowest BCUT2D eigenvalue weighted by Gasteiger charge is -2.47. The fourth-order valence-electron chi connectivity index (χ4n) is 3.88. The molecule has 0 spiro atoms. The van der Waals surface area contributed by atoms with Crippen molar-refractivity contribution in [2.45, 2.75) is 18.6 Å². The molecule has 5 rings (SSSR count). The van der Waals surface area contributed by atoms with Gasteiger partial charge in [0.15, 0.2) is 11.5 Å². The summed E-state index contributed by atoms with van der Waals surface area (Å²) in [6.07, 6.45) is 0.0199. The van der Waals surface area contributed by atoms with Crippen LogP contribution in [0.2, 0.25) is 0 Å². The van der Waals surface area contributed by atoms with Crippen LogP contribution in [-0.2, 0) is 11.2 Å². The van der Waals surface area contributed by atoms with Gasteiger partial charge < -0.3 is 19.1 Å². The van der Waals surface area contributed by atoms with Gasteiger partial charge in [0, 0.05) is 6.54 Å². The zero-order valence-electron chi connectivity index (χ0n) is 16.2. The third-order valence-corrected chi connectivity index (χ3v) is 5.45. The van der Waals surface area contributed by atoms with E-state index in [1.54, 1.807) is 17.0 Å². The van der Waals surface area contributed by atoms with E-state index in [1.807, 2.05) is 48.5 Å². The number of rotatable bonds is 6. The number of halogens is 1. The maximum atomic E-state index is 13.2. The number of carbonyl (C=O) groups is 1. The van der Waals surface area contributed by atoms with E-state index in [-0.39, 0.29) is 24.6 Å². The monoisotopic (exact) mass is 405 g/mol. The van der Waals surface area contributed by atoms with Crippen molar-refractivity contribution in [3.8, 4) is 17.2 Å². The molecular weight excluding hydrogens is 385 g/mol. The second-order valence-corrected chi connectivity index (χ2v) is 7.32. The van der Waals surface area contributed by atoms with E-state index in [1.165, 1.54) is 12.1 Å². The molecule has 0 aliphatic carbocycles. The Morgan fingerprint density at radius 2 is 1.73 bits per heavy atom. The highest BCUT2D eigenvalue weighted by atomic mass is 19.1. The van der Waals surface area contributed by atoms with Crippen LogP contribution in [0.25, 0.3) is 0 Å². The average Bonchev–Trinajstić information content (AvgIpc) is 3.25. The summed E-state index contributed by atoms with van der Waals surface area (Å²) in [5.74, 6) is 1.68. The number of para-hydroxylation sites is 1. The van der Waals surface area contributed by atoms with Crippen molar-refractivity contribution in [2.24, 2.45) is 0 Å². The quantitative estimate of drug-likeness (QED) is 0.579. The molecule has 3 aromatic rings. The number of β-lactam (4-membered cyclic amide) rings is 1. The van der Waals surface area contributed by atoms with Crippen LogP contribution >= 0.6 is 0 Å². The molecule has 152 valence electrons. The number of hydrogen-bond acceptors (Lipinski definition) is 4. The van der Waals surface area contributed by atoms with Crippen molar-refractivity contribution in [1.29, 1.82) is 0 Å². The molecule has 3 aromatic carbocycles. The lowest BCUT2D eigenvalue weighted by Crippen LogP contribution is -2.61. The number of likely N-dealkylation sites (tertiary alicyclic amines) is 1. The zero-order valence-corrected chi connectivity index (χ0v) is 16.2. The fourth-order valence-corrected chi connectivity index (χ4v) is 3.88. The van der Waals surface area contributed by atoms with Gasteiger partial charge in [-0.15, -0.1) is 0 Å². The Morgan fingerprint density at radius 1 is 0.967 bits per heavy atom.